The molecule has 0 spiro atoms. The number of hydrogen-bond acceptors (Lipinski definition) is 2. The molecule has 0 bridgehead atoms. The summed E-state index contributed by atoms with van der Waals surface area (Å²) < 4.78 is 15.6. The first-order valence-electron chi connectivity index (χ1n) is 6.25. The number of hydrogen-bond donors (Lipinski definition) is 1. The van der Waals surface area contributed by atoms with E-state index in [0.717, 1.165) is 14.8 Å². The summed E-state index contributed by atoms with van der Waals surface area (Å²) in [4.78, 5) is 11.7. The number of nitrogens with zero attached hydrogens (tertiary/aromatic N) is 2. The highest BCUT2D eigenvalue weighted by Gasteiger charge is 2.06. The van der Waals surface area contributed by atoms with Crippen LogP contribution in [0.5, 0.6) is 0 Å². The highest BCUT2D eigenvalue weighted by Crippen LogP contribution is 2.10. The molecule has 2 rings (SSSR count). The van der Waals surface area contributed by atoms with E-state index in [4.69, 9.17) is 0 Å². The van der Waals surface area contributed by atoms with Gasteiger partial charge in [-0.3, -0.25) is 9.48 Å². The molecule has 0 radical (unpaired) electrons. The first-order chi connectivity index (χ1) is 9.56. The molecule has 1 amide bonds. The van der Waals surface area contributed by atoms with Gasteiger partial charge in [-0.15, -0.1) is 0 Å². The fourth-order valence-corrected chi connectivity index (χ4v) is 2.15. The van der Waals surface area contributed by atoms with Crippen LogP contribution in [0, 0.1) is 16.3 Å². The summed E-state index contributed by atoms with van der Waals surface area (Å²) in [6.45, 7) is 2.95. The number of nitrogens with one attached hydrogen (secondary N) is 1. The molecule has 1 aromatic heterocycles. The van der Waals surface area contributed by atoms with Crippen molar-refractivity contribution < 1.29 is 9.18 Å². The topological polar surface area (TPSA) is 46.9 Å². The minimum atomic E-state index is -0.274. The van der Waals surface area contributed by atoms with Gasteiger partial charge in [0.15, 0.2) is 0 Å². The van der Waals surface area contributed by atoms with E-state index in [1.54, 1.807) is 18.3 Å². The van der Waals surface area contributed by atoms with Crippen LogP contribution in [-0.4, -0.2) is 15.7 Å². The maximum Gasteiger partial charge on any atom is 0.222 e. The van der Waals surface area contributed by atoms with E-state index in [1.807, 2.05) is 11.6 Å². The van der Waals surface area contributed by atoms with Crippen LogP contribution >= 0.6 is 22.6 Å². The summed E-state index contributed by atoms with van der Waals surface area (Å²) >= 11 is 2.21. The van der Waals surface area contributed by atoms with Gasteiger partial charge < -0.3 is 5.32 Å². The summed E-state index contributed by atoms with van der Waals surface area (Å²) in [5.41, 5.74) is 1.95. The Morgan fingerprint density at radius 2 is 2.10 bits per heavy atom. The molecule has 1 N–H and O–H groups in total. The molecule has 0 aliphatic rings. The van der Waals surface area contributed by atoms with Crippen molar-refractivity contribution in [2.75, 3.05) is 0 Å². The average Bonchev–Trinajstić information content (AvgIpc) is 2.76. The first kappa shape index (κ1) is 15.0. The first-order valence-corrected chi connectivity index (χ1v) is 7.33. The van der Waals surface area contributed by atoms with Gasteiger partial charge in [0.05, 0.1) is 9.77 Å². The molecule has 20 heavy (non-hydrogen) atoms. The lowest BCUT2D eigenvalue weighted by Gasteiger charge is -2.07. The Bertz CT molecular complexity index is 595. The number of halogens is 2. The molecule has 0 saturated heterocycles. The van der Waals surface area contributed by atoms with Crippen molar-refractivity contribution in [3.8, 4) is 0 Å². The molecule has 4 nitrogen and oxygen atoms in total. The molecular formula is C14H15FIN3O. The van der Waals surface area contributed by atoms with Crippen molar-refractivity contribution in [2.45, 2.75) is 26.4 Å². The summed E-state index contributed by atoms with van der Waals surface area (Å²) in [6.07, 6.45) is 2.16. The van der Waals surface area contributed by atoms with E-state index in [-0.39, 0.29) is 11.7 Å². The molecule has 0 fully saturated rings. The second-order valence-corrected chi connectivity index (χ2v) is 5.62. The minimum Gasteiger partial charge on any atom is -0.352 e. The van der Waals surface area contributed by atoms with Crippen molar-refractivity contribution in [3.05, 3.63) is 51.1 Å². The molecule has 2 aromatic rings. The summed E-state index contributed by atoms with van der Waals surface area (Å²) in [7, 11) is 0. The molecule has 106 valence electrons. The molecule has 0 unspecified atom stereocenters. The predicted molar refractivity (Wildman–Crippen MR) is 82.5 cm³/mol. The van der Waals surface area contributed by atoms with Crippen molar-refractivity contribution in [1.29, 1.82) is 0 Å². The highest BCUT2D eigenvalue weighted by atomic mass is 127. The third-order valence-electron chi connectivity index (χ3n) is 3.00. The van der Waals surface area contributed by atoms with Crippen molar-refractivity contribution in [3.63, 3.8) is 0 Å². The Hall–Kier alpha value is -1.44. The van der Waals surface area contributed by atoms with Gasteiger partial charge in [0.2, 0.25) is 5.91 Å². The molecule has 0 saturated carbocycles. The second kappa shape index (κ2) is 6.83. The molecular weight excluding hydrogens is 372 g/mol. The van der Waals surface area contributed by atoms with Gasteiger partial charge in [-0.25, -0.2) is 4.39 Å². The zero-order valence-electron chi connectivity index (χ0n) is 11.1. The summed E-state index contributed by atoms with van der Waals surface area (Å²) in [5, 5.41) is 7.01. The number of amides is 1. The van der Waals surface area contributed by atoms with Crippen molar-refractivity contribution in [2.24, 2.45) is 0 Å². The van der Waals surface area contributed by atoms with Gasteiger partial charge in [-0.2, -0.15) is 5.10 Å². The van der Waals surface area contributed by atoms with Crippen LogP contribution in [0.3, 0.4) is 0 Å². The zero-order valence-corrected chi connectivity index (χ0v) is 13.2. The maximum absolute atomic E-state index is 12.7. The lowest BCUT2D eigenvalue weighted by atomic mass is 10.2. The Balaban J connectivity index is 1.78. The van der Waals surface area contributed by atoms with Gasteiger partial charge >= 0.3 is 0 Å². The van der Waals surface area contributed by atoms with E-state index >= 15 is 0 Å². The van der Waals surface area contributed by atoms with Gasteiger partial charge in [-0.1, -0.05) is 12.1 Å². The molecule has 6 heteroatoms. The number of aryl methyl sites for hydroxylation is 1. The molecule has 0 aliphatic carbocycles. The van der Waals surface area contributed by atoms with Crippen molar-refractivity contribution >= 4 is 28.5 Å². The van der Waals surface area contributed by atoms with Crippen LogP contribution < -0.4 is 5.32 Å². The van der Waals surface area contributed by atoms with Gasteiger partial charge in [-0.05, 0) is 47.2 Å². The highest BCUT2D eigenvalue weighted by molar-refractivity contribution is 14.1. The van der Waals surface area contributed by atoms with Gasteiger partial charge in [0, 0.05) is 25.2 Å². The Kier molecular flexibility index (Phi) is 5.11. The number of benzene rings is 1. The second-order valence-electron chi connectivity index (χ2n) is 4.45. The molecule has 1 heterocycles. The Labute approximate surface area is 130 Å². The van der Waals surface area contributed by atoms with Gasteiger partial charge in [0.1, 0.15) is 5.82 Å². The number of carbonyl (C=O) groups is 1. The Morgan fingerprint density at radius 1 is 1.40 bits per heavy atom. The lowest BCUT2D eigenvalue weighted by molar-refractivity contribution is -0.121. The minimum absolute atomic E-state index is 0.0424. The normalized spacial score (nSPS) is 10.6. The molecule has 1 aromatic carbocycles. The average molecular weight is 387 g/mol. The predicted octanol–water partition coefficient (Wildman–Crippen LogP) is 2.64. The van der Waals surface area contributed by atoms with E-state index in [1.165, 1.54) is 12.1 Å². The van der Waals surface area contributed by atoms with Crippen LogP contribution in [0.4, 0.5) is 4.39 Å². The van der Waals surface area contributed by atoms with E-state index in [2.05, 4.69) is 33.0 Å². The zero-order chi connectivity index (χ0) is 14.5. The quantitative estimate of drug-likeness (QED) is 0.802. The van der Waals surface area contributed by atoms with Crippen molar-refractivity contribution in [1.82, 2.24) is 15.1 Å². The monoisotopic (exact) mass is 387 g/mol. The van der Waals surface area contributed by atoms with Crippen LogP contribution in [0.2, 0.25) is 0 Å². The van der Waals surface area contributed by atoms with E-state index in [9.17, 15) is 9.18 Å². The Morgan fingerprint density at radius 3 is 2.70 bits per heavy atom. The molecule has 0 atom stereocenters. The SMILES string of the molecule is Cc1c(I)cnn1CCC(=O)NCc1ccc(F)cc1. The number of rotatable bonds is 5. The smallest absolute Gasteiger partial charge is 0.222 e. The largest absolute Gasteiger partial charge is 0.352 e. The maximum atomic E-state index is 12.7. The molecule has 0 aliphatic heterocycles. The van der Waals surface area contributed by atoms with Crippen LogP contribution in [0.1, 0.15) is 17.7 Å². The van der Waals surface area contributed by atoms with Crippen LogP contribution in [0.25, 0.3) is 0 Å². The fraction of sp³-hybridized carbons (Fsp3) is 0.286. The van der Waals surface area contributed by atoms with Gasteiger partial charge in [0.25, 0.3) is 0 Å². The third kappa shape index (κ3) is 4.03. The summed E-state index contributed by atoms with van der Waals surface area (Å²) in [6, 6.07) is 6.10. The summed E-state index contributed by atoms with van der Waals surface area (Å²) in [5.74, 6) is -0.317. The number of carbonyl (C=O) groups excluding carboxylic acids is 1. The third-order valence-corrected chi connectivity index (χ3v) is 4.06. The van der Waals surface area contributed by atoms with Crippen LogP contribution in [-0.2, 0) is 17.9 Å². The number of aromatic nitrogens is 2. The van der Waals surface area contributed by atoms with E-state index < -0.39 is 0 Å². The van der Waals surface area contributed by atoms with E-state index in [0.29, 0.717) is 19.5 Å². The standard InChI is InChI=1S/C14H15FIN3O/c1-10-13(16)9-18-19(10)7-6-14(20)17-8-11-2-4-12(15)5-3-11/h2-5,9H,6-8H2,1H3,(H,17,20). The van der Waals surface area contributed by atoms with Crippen LogP contribution in [0.15, 0.2) is 30.5 Å². The fourth-order valence-electron chi connectivity index (χ4n) is 1.75. The lowest BCUT2D eigenvalue weighted by Crippen LogP contribution is -2.24.